The molecule has 0 aromatic heterocycles. The van der Waals surface area contributed by atoms with Crippen molar-refractivity contribution >= 4 is 23.4 Å². The average Bonchev–Trinajstić information content (AvgIpc) is 3.15. The molecule has 0 aliphatic heterocycles. The van der Waals surface area contributed by atoms with E-state index in [0.717, 1.165) is 26.1 Å². The van der Waals surface area contributed by atoms with E-state index in [-0.39, 0.29) is 45.0 Å². The molecule has 0 atom stereocenters. The molecule has 0 bridgehead atoms. The Morgan fingerprint density at radius 3 is 0.764 bits per heavy atom. The van der Waals surface area contributed by atoms with Gasteiger partial charge in [-0.2, -0.15) is 0 Å². The van der Waals surface area contributed by atoms with E-state index in [1.807, 2.05) is 41.5 Å². The highest BCUT2D eigenvalue weighted by Gasteiger charge is 2.21. The molecule has 0 aromatic carbocycles. The molecular weight excluding hydrogens is 889 g/mol. The van der Waals surface area contributed by atoms with Gasteiger partial charge in [-0.25, -0.2) is 0 Å². The number of ether oxygens (including phenoxy) is 1. The van der Waals surface area contributed by atoms with Crippen LogP contribution in [-0.4, -0.2) is 49.7 Å². The van der Waals surface area contributed by atoms with Gasteiger partial charge >= 0.3 is 0 Å². The molecule has 0 spiro atoms. The van der Waals surface area contributed by atoms with E-state index < -0.39 is 0 Å². The van der Waals surface area contributed by atoms with Crippen LogP contribution in [0.1, 0.15) is 238 Å². The van der Waals surface area contributed by atoms with Gasteiger partial charge in [0.2, 0.25) is 11.8 Å². The van der Waals surface area contributed by atoms with Crippen LogP contribution < -0.4 is 10.6 Å². The molecule has 72 heavy (non-hydrogen) atoms. The molecular formula is C65H106N2O5. The zero-order valence-corrected chi connectivity index (χ0v) is 51.2. The molecule has 0 aliphatic rings. The van der Waals surface area contributed by atoms with Crippen LogP contribution in [0, 0.1) is 126 Å². The van der Waals surface area contributed by atoms with Gasteiger partial charge in [0.15, 0.2) is 0 Å². The van der Waals surface area contributed by atoms with E-state index in [0.29, 0.717) is 73.3 Å². The van der Waals surface area contributed by atoms with Crippen molar-refractivity contribution in [3.05, 3.63) is 0 Å². The van der Waals surface area contributed by atoms with E-state index in [1.165, 1.54) is 6.42 Å². The molecule has 0 heterocycles. The second-order valence-corrected chi connectivity index (χ2v) is 27.8. The van der Waals surface area contributed by atoms with Crippen LogP contribution in [0.4, 0.5) is 0 Å². The summed E-state index contributed by atoms with van der Waals surface area (Å²) in [5.41, 5.74) is 1.98. The zero-order chi connectivity index (χ0) is 57.5. The second kappa shape index (κ2) is 38.7. The maximum Gasteiger partial charge on any atom is 0.220 e. The number of hydrogen-bond acceptors (Lipinski definition) is 5. The number of hydrogen-bond donors (Lipinski definition) is 2. The quantitative estimate of drug-likeness (QED) is 0.133. The predicted octanol–water partition coefficient (Wildman–Crippen LogP) is 14.3. The second-order valence-electron chi connectivity index (χ2n) is 27.8. The van der Waals surface area contributed by atoms with Gasteiger partial charge in [-0.15, -0.1) is 0 Å². The van der Waals surface area contributed by atoms with Crippen LogP contribution in [0.3, 0.4) is 0 Å². The fourth-order valence-electron chi connectivity index (χ4n) is 5.66. The first-order valence-electron chi connectivity index (χ1n) is 25.8. The van der Waals surface area contributed by atoms with Crippen molar-refractivity contribution in [2.45, 2.75) is 238 Å². The van der Waals surface area contributed by atoms with Crippen LogP contribution in [0.15, 0.2) is 0 Å². The molecule has 0 rings (SSSR count). The summed E-state index contributed by atoms with van der Waals surface area (Å²) in [5.74, 6) is 35.9. The van der Waals surface area contributed by atoms with Gasteiger partial charge in [0.25, 0.3) is 0 Å². The lowest BCUT2D eigenvalue weighted by Crippen LogP contribution is -2.32. The Morgan fingerprint density at radius 2 is 0.583 bits per heavy atom. The van der Waals surface area contributed by atoms with Gasteiger partial charge in [-0.05, 0) is 147 Å². The van der Waals surface area contributed by atoms with Gasteiger partial charge in [-0.3, -0.25) is 19.2 Å². The van der Waals surface area contributed by atoms with Crippen molar-refractivity contribution in [3.8, 4) is 82.9 Å². The SMILES string of the molecule is CC#CC#CC#CC#CC#CC#CC#CC.CC(C)(C)CC(C)(C)C.CC(C)(C)CCOCCC(C)(C)C.CC(C)(C)CNC(=O)CCC(=O)CC(C)(C)C.CC(C)(C)CNC(=O)CCC(=O)CC(C)(C)C. The Bertz CT molecular complexity index is 1890. The van der Waals surface area contributed by atoms with E-state index >= 15 is 0 Å². The highest BCUT2D eigenvalue weighted by Crippen LogP contribution is 2.32. The van der Waals surface area contributed by atoms with E-state index in [2.05, 4.69) is 218 Å². The third-order valence-corrected chi connectivity index (χ3v) is 8.34. The van der Waals surface area contributed by atoms with Crippen LogP contribution in [0.5, 0.6) is 0 Å². The highest BCUT2D eigenvalue weighted by atomic mass is 16.5. The van der Waals surface area contributed by atoms with Crippen molar-refractivity contribution < 1.29 is 23.9 Å². The highest BCUT2D eigenvalue weighted by molar-refractivity contribution is 5.85. The topological polar surface area (TPSA) is 102 Å². The van der Waals surface area contributed by atoms with Crippen molar-refractivity contribution in [2.24, 2.45) is 43.3 Å². The number of rotatable bonds is 14. The zero-order valence-electron chi connectivity index (χ0n) is 51.2. The lowest BCUT2D eigenvalue weighted by Gasteiger charge is -2.28. The molecule has 0 unspecified atom stereocenters. The molecule has 0 aromatic rings. The average molecular weight is 996 g/mol. The summed E-state index contributed by atoms with van der Waals surface area (Å²) in [5, 5.41) is 5.70. The Kier molecular flexibility index (Phi) is 40.9. The maximum atomic E-state index is 11.6. The summed E-state index contributed by atoms with van der Waals surface area (Å²) in [4.78, 5) is 46.2. The fraction of sp³-hybridized carbons (Fsp3) is 0.723. The Morgan fingerprint density at radius 1 is 0.333 bits per heavy atom. The monoisotopic (exact) mass is 995 g/mol. The Balaban J connectivity index is -0.000000264. The van der Waals surface area contributed by atoms with Crippen LogP contribution in [-0.2, 0) is 23.9 Å². The summed E-state index contributed by atoms with van der Waals surface area (Å²) < 4.78 is 5.59. The minimum Gasteiger partial charge on any atom is -0.381 e. The largest absolute Gasteiger partial charge is 0.381 e. The third kappa shape index (κ3) is 85.0. The lowest BCUT2D eigenvalue weighted by atomic mass is 9.78. The summed E-state index contributed by atoms with van der Waals surface area (Å²) >= 11 is 0. The Labute approximate surface area is 446 Å². The molecule has 0 radical (unpaired) electrons. The van der Waals surface area contributed by atoms with Crippen LogP contribution in [0.2, 0.25) is 0 Å². The molecule has 2 N–H and O–H groups in total. The first kappa shape index (κ1) is 76.1. The molecule has 7 heteroatoms. The molecule has 0 saturated heterocycles. The number of amides is 2. The van der Waals surface area contributed by atoms with Crippen molar-refractivity contribution in [3.63, 3.8) is 0 Å². The van der Waals surface area contributed by atoms with Gasteiger partial charge in [0, 0.05) is 64.8 Å². The van der Waals surface area contributed by atoms with E-state index in [4.69, 9.17) is 4.74 Å². The summed E-state index contributed by atoms with van der Waals surface area (Å²) in [6.45, 7) is 58.4. The van der Waals surface area contributed by atoms with Crippen molar-refractivity contribution in [1.82, 2.24) is 10.6 Å². The first-order chi connectivity index (χ1) is 32.3. The standard InChI is InChI=1S/C16H6.2C14H27NO2.C12H26O.C9H20/c1-3-5-7-9-11-13-15-16-14-12-10-8-6-4-2;2*1-13(2,3)9-11(16)7-8-12(17)15-10-14(4,5)6;1-11(2,3)7-9-13-10-8-12(4,5)6;1-8(2,3)7-9(4,5)6/h1-2H3;2*7-10H2,1-6H3,(H,15,17);7-10H2,1-6H3;7H2,1-6H3. The molecule has 0 aliphatic carbocycles. The predicted molar refractivity (Wildman–Crippen MR) is 310 cm³/mol. The van der Waals surface area contributed by atoms with Crippen molar-refractivity contribution in [2.75, 3.05) is 26.3 Å². The Hall–Kier alpha value is -4.84. The van der Waals surface area contributed by atoms with E-state index in [1.54, 1.807) is 13.8 Å². The molecule has 7 nitrogen and oxygen atoms in total. The van der Waals surface area contributed by atoms with Crippen LogP contribution >= 0.6 is 0 Å². The lowest BCUT2D eigenvalue weighted by molar-refractivity contribution is -0.126. The van der Waals surface area contributed by atoms with E-state index in [9.17, 15) is 19.2 Å². The van der Waals surface area contributed by atoms with Crippen molar-refractivity contribution in [1.29, 1.82) is 0 Å². The van der Waals surface area contributed by atoms with Crippen LogP contribution in [0.25, 0.3) is 0 Å². The molecule has 0 saturated carbocycles. The van der Waals surface area contributed by atoms with Gasteiger partial charge in [0.05, 0.1) is 0 Å². The third-order valence-electron chi connectivity index (χ3n) is 8.34. The summed E-state index contributed by atoms with van der Waals surface area (Å²) in [7, 11) is 0. The number of nitrogens with one attached hydrogen (secondary N) is 2. The molecule has 0 fully saturated rings. The van der Waals surface area contributed by atoms with Gasteiger partial charge in [0.1, 0.15) is 11.6 Å². The molecule has 406 valence electrons. The van der Waals surface area contributed by atoms with Gasteiger partial charge in [-0.1, -0.05) is 178 Å². The summed E-state index contributed by atoms with van der Waals surface area (Å²) in [6.07, 6.45) is 6.00. The summed E-state index contributed by atoms with van der Waals surface area (Å²) in [6, 6.07) is 0. The minimum absolute atomic E-state index is 0.0129. The maximum absolute atomic E-state index is 11.6. The smallest absolute Gasteiger partial charge is 0.220 e. The fourth-order valence-corrected chi connectivity index (χ4v) is 5.66. The van der Waals surface area contributed by atoms with Gasteiger partial charge < -0.3 is 15.4 Å². The number of carbonyl (C=O) groups excluding carboxylic acids is 4. The molecule has 2 amide bonds. The number of carbonyl (C=O) groups is 4. The number of ketones is 2. The first-order valence-corrected chi connectivity index (χ1v) is 25.8. The normalized spacial score (nSPS) is 10.9. The number of Topliss-reactive ketones (excluding diaryl/α,β-unsaturated/α-hetero) is 2. The minimum atomic E-state index is -0.0258.